The lowest BCUT2D eigenvalue weighted by Crippen LogP contribution is -2.33. The summed E-state index contributed by atoms with van der Waals surface area (Å²) in [4.78, 5) is 10.7. The number of benzene rings is 1. The summed E-state index contributed by atoms with van der Waals surface area (Å²) in [7, 11) is 3.06. The van der Waals surface area contributed by atoms with Crippen LogP contribution in [0.2, 0.25) is 0 Å². The second-order valence-corrected chi connectivity index (χ2v) is 3.90. The van der Waals surface area contributed by atoms with Gasteiger partial charge in [-0.1, -0.05) is 6.07 Å². The number of rotatable bonds is 6. The molecule has 0 bridgehead atoms. The first kappa shape index (κ1) is 14.3. The Bertz CT molecular complexity index is 423. The van der Waals surface area contributed by atoms with Gasteiger partial charge >= 0.3 is 5.97 Å². The van der Waals surface area contributed by atoms with E-state index < -0.39 is 18.1 Å². The van der Waals surface area contributed by atoms with Crippen molar-refractivity contribution in [2.45, 2.75) is 18.5 Å². The van der Waals surface area contributed by atoms with Crippen LogP contribution in [0.25, 0.3) is 0 Å². The summed E-state index contributed by atoms with van der Waals surface area (Å²) in [5.74, 6) is 0.0799. The van der Waals surface area contributed by atoms with E-state index in [9.17, 15) is 4.79 Å². The molecule has 100 valence electrons. The van der Waals surface area contributed by atoms with Crippen LogP contribution in [0.3, 0.4) is 0 Å². The Kier molecular flexibility index (Phi) is 4.94. The minimum absolute atomic E-state index is 0.158. The zero-order chi connectivity index (χ0) is 13.7. The minimum atomic E-state index is -1.06. The lowest BCUT2D eigenvalue weighted by Gasteiger charge is -2.16. The molecule has 18 heavy (non-hydrogen) atoms. The van der Waals surface area contributed by atoms with Crippen molar-refractivity contribution < 1.29 is 19.4 Å². The van der Waals surface area contributed by atoms with E-state index in [2.05, 4.69) is 0 Å². The van der Waals surface area contributed by atoms with Gasteiger partial charge in [0.2, 0.25) is 0 Å². The molecule has 1 aromatic rings. The molecule has 6 heteroatoms. The standard InChI is InChI=1S/C12H18N2O4/c1-17-10-4-3-7(5-11(10)18-2)8(13)6-9(14)12(15)16/h3-5,8-9H,6,13-14H2,1-2H3,(H,15,16)/t8-,9-/m0/s1. The largest absolute Gasteiger partial charge is 0.493 e. The quantitative estimate of drug-likeness (QED) is 0.682. The predicted molar refractivity (Wildman–Crippen MR) is 66.7 cm³/mol. The van der Waals surface area contributed by atoms with Gasteiger partial charge in [-0.15, -0.1) is 0 Å². The number of methoxy groups -OCH3 is 2. The molecule has 0 aliphatic heterocycles. The highest BCUT2D eigenvalue weighted by molar-refractivity contribution is 5.73. The Morgan fingerprint density at radius 2 is 1.89 bits per heavy atom. The number of aliphatic carboxylic acids is 1. The first-order chi connectivity index (χ1) is 8.49. The molecule has 0 heterocycles. The fourth-order valence-electron chi connectivity index (χ4n) is 1.59. The fourth-order valence-corrected chi connectivity index (χ4v) is 1.59. The predicted octanol–water partition coefficient (Wildman–Crippen LogP) is 0.506. The molecule has 0 saturated carbocycles. The summed E-state index contributed by atoms with van der Waals surface area (Å²) >= 11 is 0. The van der Waals surface area contributed by atoms with Crippen LogP contribution < -0.4 is 20.9 Å². The van der Waals surface area contributed by atoms with Crippen molar-refractivity contribution in [2.24, 2.45) is 11.5 Å². The summed E-state index contributed by atoms with van der Waals surface area (Å²) in [6.07, 6.45) is 0.158. The molecule has 0 aromatic heterocycles. The number of hydrogen-bond acceptors (Lipinski definition) is 5. The van der Waals surface area contributed by atoms with E-state index in [1.807, 2.05) is 0 Å². The molecule has 1 aromatic carbocycles. The molecular formula is C12H18N2O4. The van der Waals surface area contributed by atoms with Gasteiger partial charge in [0.05, 0.1) is 14.2 Å². The Morgan fingerprint density at radius 3 is 2.39 bits per heavy atom. The van der Waals surface area contributed by atoms with Crippen LogP contribution in [0.1, 0.15) is 18.0 Å². The third-order valence-corrected chi connectivity index (χ3v) is 2.66. The van der Waals surface area contributed by atoms with Crippen molar-refractivity contribution in [1.82, 2.24) is 0 Å². The van der Waals surface area contributed by atoms with E-state index in [1.54, 1.807) is 18.2 Å². The molecule has 0 saturated heterocycles. The summed E-state index contributed by atoms with van der Waals surface area (Å²) in [5, 5.41) is 8.74. The van der Waals surface area contributed by atoms with Crippen molar-refractivity contribution in [3.63, 3.8) is 0 Å². The first-order valence-corrected chi connectivity index (χ1v) is 5.45. The maximum Gasteiger partial charge on any atom is 0.320 e. The van der Waals surface area contributed by atoms with Crippen molar-refractivity contribution >= 4 is 5.97 Å². The van der Waals surface area contributed by atoms with Gasteiger partial charge in [-0.25, -0.2) is 0 Å². The Balaban J connectivity index is 2.86. The van der Waals surface area contributed by atoms with Crippen LogP contribution in [0.4, 0.5) is 0 Å². The monoisotopic (exact) mass is 254 g/mol. The van der Waals surface area contributed by atoms with E-state index in [-0.39, 0.29) is 6.42 Å². The SMILES string of the molecule is COc1ccc([C@@H](N)C[C@H](N)C(=O)O)cc1OC. The molecule has 1 rings (SSSR count). The average Bonchev–Trinajstić information content (AvgIpc) is 2.37. The van der Waals surface area contributed by atoms with E-state index >= 15 is 0 Å². The van der Waals surface area contributed by atoms with Crippen LogP contribution >= 0.6 is 0 Å². The topological polar surface area (TPSA) is 108 Å². The zero-order valence-electron chi connectivity index (χ0n) is 10.4. The second kappa shape index (κ2) is 6.23. The lowest BCUT2D eigenvalue weighted by molar-refractivity contribution is -0.138. The first-order valence-electron chi connectivity index (χ1n) is 5.45. The van der Waals surface area contributed by atoms with Crippen LogP contribution in [0.15, 0.2) is 18.2 Å². The third-order valence-electron chi connectivity index (χ3n) is 2.66. The maximum atomic E-state index is 10.7. The van der Waals surface area contributed by atoms with E-state index in [1.165, 1.54) is 14.2 Å². The van der Waals surface area contributed by atoms with Crippen LogP contribution in [-0.4, -0.2) is 31.3 Å². The molecule has 5 N–H and O–H groups in total. The third kappa shape index (κ3) is 3.35. The second-order valence-electron chi connectivity index (χ2n) is 3.90. The van der Waals surface area contributed by atoms with E-state index in [4.69, 9.17) is 26.0 Å². The smallest absolute Gasteiger partial charge is 0.320 e. The molecule has 0 amide bonds. The van der Waals surface area contributed by atoms with Crippen molar-refractivity contribution in [3.05, 3.63) is 23.8 Å². The molecule has 0 spiro atoms. The summed E-state index contributed by atoms with van der Waals surface area (Å²) in [6.45, 7) is 0. The van der Waals surface area contributed by atoms with Gasteiger partial charge in [0.1, 0.15) is 6.04 Å². The number of hydrogen-bond donors (Lipinski definition) is 3. The number of carboxylic acids is 1. The average molecular weight is 254 g/mol. The number of carbonyl (C=O) groups is 1. The summed E-state index contributed by atoms with van der Waals surface area (Å²) in [5.41, 5.74) is 12.1. The van der Waals surface area contributed by atoms with Gasteiger partial charge in [-0.3, -0.25) is 4.79 Å². The highest BCUT2D eigenvalue weighted by Gasteiger charge is 2.18. The van der Waals surface area contributed by atoms with Crippen LogP contribution in [0, 0.1) is 0 Å². The van der Waals surface area contributed by atoms with Crippen molar-refractivity contribution in [2.75, 3.05) is 14.2 Å². The number of nitrogens with two attached hydrogens (primary N) is 2. The van der Waals surface area contributed by atoms with E-state index in [0.717, 1.165) is 5.56 Å². The van der Waals surface area contributed by atoms with Gasteiger partial charge in [0.25, 0.3) is 0 Å². The van der Waals surface area contributed by atoms with Gasteiger partial charge in [-0.2, -0.15) is 0 Å². The Morgan fingerprint density at radius 1 is 1.28 bits per heavy atom. The summed E-state index contributed by atoms with van der Waals surface area (Å²) < 4.78 is 10.3. The zero-order valence-corrected chi connectivity index (χ0v) is 10.4. The number of ether oxygens (including phenoxy) is 2. The highest BCUT2D eigenvalue weighted by atomic mass is 16.5. The molecular weight excluding hydrogens is 236 g/mol. The Labute approximate surface area is 105 Å². The molecule has 6 nitrogen and oxygen atoms in total. The fraction of sp³-hybridized carbons (Fsp3) is 0.417. The molecule has 0 unspecified atom stereocenters. The highest BCUT2D eigenvalue weighted by Crippen LogP contribution is 2.30. The molecule has 0 aliphatic rings. The molecule has 0 aliphatic carbocycles. The normalized spacial score (nSPS) is 13.8. The molecule has 0 radical (unpaired) electrons. The van der Waals surface area contributed by atoms with Gasteiger partial charge < -0.3 is 26.0 Å². The maximum absolute atomic E-state index is 10.7. The van der Waals surface area contributed by atoms with Crippen LogP contribution in [0.5, 0.6) is 11.5 Å². The molecule has 0 fully saturated rings. The molecule has 2 atom stereocenters. The Hall–Kier alpha value is -1.79. The lowest BCUT2D eigenvalue weighted by atomic mass is 10.00. The van der Waals surface area contributed by atoms with Gasteiger partial charge in [0.15, 0.2) is 11.5 Å². The van der Waals surface area contributed by atoms with Crippen LogP contribution in [-0.2, 0) is 4.79 Å². The van der Waals surface area contributed by atoms with Gasteiger partial charge in [-0.05, 0) is 24.1 Å². The van der Waals surface area contributed by atoms with Crippen molar-refractivity contribution in [1.29, 1.82) is 0 Å². The van der Waals surface area contributed by atoms with Gasteiger partial charge in [0, 0.05) is 6.04 Å². The summed E-state index contributed by atoms with van der Waals surface area (Å²) in [6, 6.07) is 3.77. The van der Waals surface area contributed by atoms with E-state index in [0.29, 0.717) is 11.5 Å². The minimum Gasteiger partial charge on any atom is -0.493 e. The van der Waals surface area contributed by atoms with Crippen molar-refractivity contribution in [3.8, 4) is 11.5 Å². The number of carboxylic acid groups (broad SMARTS) is 1.